The van der Waals surface area contributed by atoms with E-state index >= 15 is 0 Å². The van der Waals surface area contributed by atoms with E-state index in [1.54, 1.807) is 6.92 Å². The Kier molecular flexibility index (Phi) is 6.27. The number of rotatable bonds is 7. The smallest absolute Gasteiger partial charge is 0.254 e. The molecule has 0 aliphatic carbocycles. The van der Waals surface area contributed by atoms with Gasteiger partial charge < -0.3 is 10.0 Å². The van der Waals surface area contributed by atoms with E-state index in [1.807, 2.05) is 55.1 Å². The lowest BCUT2D eigenvalue weighted by Gasteiger charge is -2.24. The quantitative estimate of drug-likeness (QED) is 0.577. The number of fused-ring (bicyclic) bond motifs is 1. The number of aldehydes is 1. The third-order valence-corrected chi connectivity index (χ3v) is 5.09. The third-order valence-electron chi connectivity index (χ3n) is 5.09. The summed E-state index contributed by atoms with van der Waals surface area (Å²) in [6, 6.07) is 11.5. The molecule has 2 aromatic carbocycles. The Morgan fingerprint density at radius 3 is 2.41 bits per heavy atom. The first-order chi connectivity index (χ1) is 14.0. The van der Waals surface area contributed by atoms with Gasteiger partial charge in [0.15, 0.2) is 6.29 Å². The van der Waals surface area contributed by atoms with Crippen molar-refractivity contribution in [3.8, 4) is 16.9 Å². The average molecular weight is 390 g/mol. The minimum atomic E-state index is -0.189. The summed E-state index contributed by atoms with van der Waals surface area (Å²) in [5.41, 5.74) is 2.42. The predicted molar refractivity (Wildman–Crippen MR) is 115 cm³/mol. The van der Waals surface area contributed by atoms with Gasteiger partial charge in [-0.1, -0.05) is 44.2 Å². The molecule has 3 rings (SSSR count). The maximum atomic E-state index is 13.5. The van der Waals surface area contributed by atoms with Crippen molar-refractivity contribution in [2.45, 2.75) is 33.6 Å². The monoisotopic (exact) mass is 390 g/mol. The Balaban J connectivity index is 2.37. The van der Waals surface area contributed by atoms with Crippen LogP contribution in [0.4, 0.5) is 0 Å². The Morgan fingerprint density at radius 2 is 1.76 bits per heavy atom. The molecular weight excluding hydrogens is 364 g/mol. The van der Waals surface area contributed by atoms with Crippen LogP contribution < -0.4 is 0 Å². The molecule has 1 heterocycles. The van der Waals surface area contributed by atoms with Gasteiger partial charge in [-0.15, -0.1) is 0 Å². The summed E-state index contributed by atoms with van der Waals surface area (Å²) < 4.78 is 0. The highest BCUT2D eigenvalue weighted by molar-refractivity contribution is 6.12. The number of aromatic hydroxyl groups is 1. The van der Waals surface area contributed by atoms with E-state index in [0.717, 1.165) is 23.6 Å². The van der Waals surface area contributed by atoms with Crippen molar-refractivity contribution in [1.29, 1.82) is 0 Å². The number of aromatic nitrogens is 1. The van der Waals surface area contributed by atoms with Crippen LogP contribution >= 0.6 is 0 Å². The van der Waals surface area contributed by atoms with E-state index in [4.69, 9.17) is 0 Å². The van der Waals surface area contributed by atoms with Crippen LogP contribution in [0, 0.1) is 6.92 Å². The molecule has 0 bridgehead atoms. The second-order valence-corrected chi connectivity index (χ2v) is 7.14. The first kappa shape index (κ1) is 20.5. The van der Waals surface area contributed by atoms with Crippen molar-refractivity contribution in [2.24, 2.45) is 0 Å². The number of amides is 1. The second kappa shape index (κ2) is 8.86. The Hall–Kier alpha value is -3.21. The third kappa shape index (κ3) is 3.86. The van der Waals surface area contributed by atoms with Gasteiger partial charge in [-0.3, -0.25) is 14.6 Å². The molecule has 1 N–H and O–H groups in total. The zero-order chi connectivity index (χ0) is 21.0. The van der Waals surface area contributed by atoms with Gasteiger partial charge in [-0.25, -0.2) is 0 Å². The van der Waals surface area contributed by atoms with Crippen molar-refractivity contribution in [2.75, 3.05) is 13.1 Å². The van der Waals surface area contributed by atoms with Gasteiger partial charge in [-0.2, -0.15) is 0 Å². The summed E-state index contributed by atoms with van der Waals surface area (Å²) in [5, 5.41) is 12.1. The van der Waals surface area contributed by atoms with Crippen molar-refractivity contribution >= 4 is 23.0 Å². The van der Waals surface area contributed by atoms with Crippen LogP contribution in [0.1, 0.15) is 53.1 Å². The summed E-state index contributed by atoms with van der Waals surface area (Å²) in [4.78, 5) is 31.5. The molecule has 0 atom stereocenters. The lowest BCUT2D eigenvalue weighted by Crippen LogP contribution is -2.33. The molecule has 0 aliphatic rings. The highest BCUT2D eigenvalue weighted by Crippen LogP contribution is 2.38. The zero-order valence-electron chi connectivity index (χ0n) is 17.1. The molecule has 150 valence electrons. The van der Waals surface area contributed by atoms with Gasteiger partial charge in [0.2, 0.25) is 0 Å². The van der Waals surface area contributed by atoms with Gasteiger partial charge in [-0.05, 0) is 36.6 Å². The van der Waals surface area contributed by atoms with Gasteiger partial charge >= 0.3 is 0 Å². The molecule has 29 heavy (non-hydrogen) atoms. The maximum absolute atomic E-state index is 13.5. The van der Waals surface area contributed by atoms with E-state index < -0.39 is 0 Å². The molecule has 3 aromatic rings. The number of pyridine rings is 1. The van der Waals surface area contributed by atoms with E-state index in [-0.39, 0.29) is 17.2 Å². The fourth-order valence-corrected chi connectivity index (χ4v) is 3.79. The topological polar surface area (TPSA) is 70.5 Å². The maximum Gasteiger partial charge on any atom is 0.254 e. The molecule has 0 spiro atoms. The van der Waals surface area contributed by atoms with Crippen molar-refractivity contribution < 1.29 is 14.7 Å². The Labute approximate surface area is 171 Å². The number of aryl methyl sites for hydroxylation is 1. The largest absolute Gasteiger partial charge is 0.506 e. The number of benzene rings is 2. The molecule has 0 fully saturated rings. The highest BCUT2D eigenvalue weighted by Gasteiger charge is 2.24. The molecule has 0 unspecified atom stereocenters. The lowest BCUT2D eigenvalue weighted by molar-refractivity contribution is 0.0756. The summed E-state index contributed by atoms with van der Waals surface area (Å²) in [7, 11) is 0. The van der Waals surface area contributed by atoms with E-state index in [9.17, 15) is 14.7 Å². The normalized spacial score (nSPS) is 10.9. The summed E-state index contributed by atoms with van der Waals surface area (Å²) in [6.07, 6.45) is 3.63. The standard InChI is InChI=1S/C24H26N2O3/c1-4-12-26(13-5-2)24(29)19-11-10-17-8-6-7-9-18(17)23(19)22-16(3)25-14-21(28)20(22)15-27/h6-11,14-15,28H,4-5,12-13H2,1-3H3. The number of hydrogen-bond acceptors (Lipinski definition) is 4. The van der Waals surface area contributed by atoms with Crippen LogP contribution in [0.25, 0.3) is 21.9 Å². The first-order valence-corrected chi connectivity index (χ1v) is 9.98. The zero-order valence-corrected chi connectivity index (χ0v) is 17.1. The van der Waals surface area contributed by atoms with E-state index in [0.29, 0.717) is 41.8 Å². The number of carbonyl (C=O) groups is 2. The van der Waals surface area contributed by atoms with Gasteiger partial charge in [0, 0.05) is 35.5 Å². The highest BCUT2D eigenvalue weighted by atomic mass is 16.3. The van der Waals surface area contributed by atoms with E-state index in [2.05, 4.69) is 4.98 Å². The fourth-order valence-electron chi connectivity index (χ4n) is 3.79. The van der Waals surface area contributed by atoms with E-state index in [1.165, 1.54) is 6.20 Å². The summed E-state index contributed by atoms with van der Waals surface area (Å²) in [6.45, 7) is 7.21. The van der Waals surface area contributed by atoms with Gasteiger partial charge in [0.05, 0.1) is 11.8 Å². The minimum Gasteiger partial charge on any atom is -0.506 e. The lowest BCUT2D eigenvalue weighted by atomic mass is 9.89. The fraction of sp³-hybridized carbons (Fsp3) is 0.292. The van der Waals surface area contributed by atoms with Crippen LogP contribution in [0.3, 0.4) is 0 Å². The molecule has 5 heteroatoms. The molecule has 5 nitrogen and oxygen atoms in total. The number of hydrogen-bond donors (Lipinski definition) is 1. The SMILES string of the molecule is CCCN(CCC)C(=O)c1ccc2ccccc2c1-c1c(C)ncc(O)c1C=O. The predicted octanol–water partition coefficient (Wildman–Crippen LogP) is 4.99. The van der Waals surface area contributed by atoms with Crippen LogP contribution in [0.5, 0.6) is 5.75 Å². The van der Waals surface area contributed by atoms with Gasteiger partial charge in [0.25, 0.3) is 5.91 Å². The summed E-state index contributed by atoms with van der Waals surface area (Å²) >= 11 is 0. The average Bonchev–Trinajstić information content (AvgIpc) is 2.74. The molecule has 1 amide bonds. The van der Waals surface area contributed by atoms with Gasteiger partial charge in [0.1, 0.15) is 5.75 Å². The molecule has 0 aliphatic heterocycles. The van der Waals surface area contributed by atoms with Crippen molar-refractivity contribution in [3.63, 3.8) is 0 Å². The van der Waals surface area contributed by atoms with Crippen LogP contribution in [0.15, 0.2) is 42.6 Å². The Bertz CT molecular complexity index is 1050. The first-order valence-electron chi connectivity index (χ1n) is 9.98. The number of carbonyl (C=O) groups excluding carboxylic acids is 2. The van der Waals surface area contributed by atoms with Crippen LogP contribution in [-0.2, 0) is 0 Å². The molecular formula is C24H26N2O3. The molecule has 1 aromatic heterocycles. The second-order valence-electron chi connectivity index (χ2n) is 7.14. The molecule has 0 saturated heterocycles. The van der Waals surface area contributed by atoms with Crippen LogP contribution in [0.2, 0.25) is 0 Å². The Morgan fingerprint density at radius 1 is 1.07 bits per heavy atom. The molecule has 0 saturated carbocycles. The number of nitrogens with zero attached hydrogens (tertiary/aromatic N) is 2. The minimum absolute atomic E-state index is 0.0750. The van der Waals surface area contributed by atoms with Crippen LogP contribution in [-0.4, -0.2) is 40.3 Å². The molecule has 0 radical (unpaired) electrons. The van der Waals surface area contributed by atoms with Crippen molar-refractivity contribution in [3.05, 3.63) is 59.4 Å². The summed E-state index contributed by atoms with van der Waals surface area (Å²) in [5.74, 6) is -0.264. The van der Waals surface area contributed by atoms with Crippen molar-refractivity contribution in [1.82, 2.24) is 9.88 Å².